The molecule has 2 rings (SSSR count). The van der Waals surface area contributed by atoms with Gasteiger partial charge in [0.2, 0.25) is 0 Å². The van der Waals surface area contributed by atoms with Gasteiger partial charge in [-0.25, -0.2) is 0 Å². The van der Waals surface area contributed by atoms with Crippen LogP contribution in [0.3, 0.4) is 0 Å². The van der Waals surface area contributed by atoms with E-state index < -0.39 is 0 Å². The minimum Gasteiger partial charge on any atom is -0.335 e. The van der Waals surface area contributed by atoms with Gasteiger partial charge in [-0.15, -0.1) is 0 Å². The van der Waals surface area contributed by atoms with Crippen molar-refractivity contribution in [1.82, 2.24) is 24.5 Å². The lowest BCUT2D eigenvalue weighted by Gasteiger charge is -2.25. The molecule has 0 aliphatic heterocycles. The SMILES string of the molecule is CN(C)CCN(CCN(C)C)C(=O)c1cc(Cc2ccccc2)n(C)n1. The molecule has 0 aliphatic carbocycles. The van der Waals surface area contributed by atoms with Crippen LogP contribution in [0.25, 0.3) is 0 Å². The maximum Gasteiger partial charge on any atom is 0.274 e. The molecule has 0 atom stereocenters. The summed E-state index contributed by atoms with van der Waals surface area (Å²) in [6.45, 7) is 3.07. The molecular formula is C20H31N5O. The second kappa shape index (κ2) is 9.50. The Morgan fingerprint density at radius 2 is 1.54 bits per heavy atom. The van der Waals surface area contributed by atoms with Crippen molar-refractivity contribution in [3.8, 4) is 0 Å². The van der Waals surface area contributed by atoms with E-state index in [2.05, 4.69) is 27.0 Å². The van der Waals surface area contributed by atoms with E-state index in [1.165, 1.54) is 5.56 Å². The normalized spacial score (nSPS) is 11.3. The van der Waals surface area contributed by atoms with E-state index in [9.17, 15) is 4.79 Å². The first-order chi connectivity index (χ1) is 12.4. The van der Waals surface area contributed by atoms with Crippen LogP contribution >= 0.6 is 0 Å². The number of amides is 1. The second-order valence-electron chi connectivity index (χ2n) is 7.21. The molecule has 142 valence electrons. The van der Waals surface area contributed by atoms with Crippen LogP contribution in [0, 0.1) is 0 Å². The number of carbonyl (C=O) groups excluding carboxylic acids is 1. The molecule has 6 nitrogen and oxygen atoms in total. The van der Waals surface area contributed by atoms with Crippen molar-refractivity contribution in [2.45, 2.75) is 6.42 Å². The molecular weight excluding hydrogens is 326 g/mol. The number of benzene rings is 1. The highest BCUT2D eigenvalue weighted by Gasteiger charge is 2.20. The summed E-state index contributed by atoms with van der Waals surface area (Å²) in [5, 5.41) is 4.48. The van der Waals surface area contributed by atoms with Crippen LogP contribution in [-0.4, -0.2) is 84.8 Å². The van der Waals surface area contributed by atoms with Crippen LogP contribution in [0.1, 0.15) is 21.7 Å². The van der Waals surface area contributed by atoms with Gasteiger partial charge < -0.3 is 14.7 Å². The Labute approximate surface area is 157 Å². The fourth-order valence-electron chi connectivity index (χ4n) is 2.70. The zero-order chi connectivity index (χ0) is 19.1. The molecule has 1 aromatic carbocycles. The molecule has 0 fully saturated rings. The fraction of sp³-hybridized carbons (Fsp3) is 0.500. The molecule has 0 radical (unpaired) electrons. The highest BCUT2D eigenvalue weighted by molar-refractivity contribution is 5.92. The summed E-state index contributed by atoms with van der Waals surface area (Å²) < 4.78 is 1.82. The van der Waals surface area contributed by atoms with Gasteiger partial charge in [0, 0.05) is 45.3 Å². The maximum atomic E-state index is 13.0. The molecule has 2 aromatic rings. The van der Waals surface area contributed by atoms with Gasteiger partial charge in [-0.3, -0.25) is 9.48 Å². The first-order valence-corrected chi connectivity index (χ1v) is 9.02. The van der Waals surface area contributed by atoms with Gasteiger partial charge >= 0.3 is 0 Å². The molecule has 26 heavy (non-hydrogen) atoms. The monoisotopic (exact) mass is 357 g/mol. The molecule has 1 amide bonds. The smallest absolute Gasteiger partial charge is 0.274 e. The number of likely N-dealkylation sites (N-methyl/N-ethyl adjacent to an activating group) is 2. The van der Waals surface area contributed by atoms with Gasteiger partial charge in [0.15, 0.2) is 5.69 Å². The number of carbonyl (C=O) groups is 1. The van der Waals surface area contributed by atoms with Crippen molar-refractivity contribution in [2.24, 2.45) is 7.05 Å². The van der Waals surface area contributed by atoms with Crippen LogP contribution in [0.2, 0.25) is 0 Å². The lowest BCUT2D eigenvalue weighted by molar-refractivity contribution is 0.0727. The Morgan fingerprint density at radius 3 is 2.08 bits per heavy atom. The number of aryl methyl sites for hydroxylation is 1. The molecule has 0 spiro atoms. The van der Waals surface area contributed by atoms with Crippen molar-refractivity contribution in [3.63, 3.8) is 0 Å². The van der Waals surface area contributed by atoms with Crippen LogP contribution < -0.4 is 0 Å². The van der Waals surface area contributed by atoms with Gasteiger partial charge in [-0.05, 0) is 39.8 Å². The van der Waals surface area contributed by atoms with Crippen LogP contribution in [0.15, 0.2) is 36.4 Å². The zero-order valence-corrected chi connectivity index (χ0v) is 16.6. The van der Waals surface area contributed by atoms with Gasteiger partial charge in [0.1, 0.15) is 0 Å². The zero-order valence-electron chi connectivity index (χ0n) is 16.6. The quantitative estimate of drug-likeness (QED) is 0.683. The van der Waals surface area contributed by atoms with Crippen molar-refractivity contribution in [2.75, 3.05) is 54.4 Å². The summed E-state index contributed by atoms with van der Waals surface area (Å²) in [5.41, 5.74) is 2.78. The average molecular weight is 358 g/mol. The summed E-state index contributed by atoms with van der Waals surface area (Å²) in [7, 11) is 9.99. The van der Waals surface area contributed by atoms with E-state index >= 15 is 0 Å². The molecule has 1 heterocycles. The van der Waals surface area contributed by atoms with E-state index in [4.69, 9.17) is 0 Å². The summed E-state index contributed by atoms with van der Waals surface area (Å²) in [6, 6.07) is 12.2. The Morgan fingerprint density at radius 1 is 0.962 bits per heavy atom. The average Bonchev–Trinajstić information content (AvgIpc) is 2.95. The van der Waals surface area contributed by atoms with E-state index in [1.54, 1.807) is 0 Å². The van der Waals surface area contributed by atoms with Crippen LogP contribution in [0.4, 0.5) is 0 Å². The summed E-state index contributed by atoms with van der Waals surface area (Å²) >= 11 is 0. The standard InChI is InChI=1S/C20H31N5O/c1-22(2)11-13-25(14-12-23(3)4)20(26)19-16-18(24(5)21-19)15-17-9-7-6-8-10-17/h6-10,16H,11-15H2,1-5H3. The number of rotatable bonds is 9. The third-order valence-corrected chi connectivity index (χ3v) is 4.35. The maximum absolute atomic E-state index is 13.0. The fourth-order valence-corrected chi connectivity index (χ4v) is 2.70. The number of aromatic nitrogens is 2. The Hall–Kier alpha value is -2.18. The highest BCUT2D eigenvalue weighted by Crippen LogP contribution is 2.12. The molecule has 0 aliphatic rings. The number of hydrogen-bond acceptors (Lipinski definition) is 4. The highest BCUT2D eigenvalue weighted by atomic mass is 16.2. The van der Waals surface area contributed by atoms with Crippen LogP contribution in [0.5, 0.6) is 0 Å². The molecule has 0 bridgehead atoms. The number of nitrogens with zero attached hydrogens (tertiary/aromatic N) is 5. The van der Waals surface area contributed by atoms with Crippen molar-refractivity contribution in [3.05, 3.63) is 53.3 Å². The van der Waals surface area contributed by atoms with E-state index in [1.807, 2.05) is 69.1 Å². The molecule has 0 saturated heterocycles. The Kier molecular flexibility index (Phi) is 7.36. The molecule has 1 aromatic heterocycles. The molecule has 0 N–H and O–H groups in total. The van der Waals surface area contributed by atoms with Crippen LogP contribution in [-0.2, 0) is 13.5 Å². The van der Waals surface area contributed by atoms with Crippen molar-refractivity contribution >= 4 is 5.91 Å². The summed E-state index contributed by atoms with van der Waals surface area (Å²) in [4.78, 5) is 19.1. The van der Waals surface area contributed by atoms with Crippen molar-refractivity contribution in [1.29, 1.82) is 0 Å². The lowest BCUT2D eigenvalue weighted by Crippen LogP contribution is -2.40. The predicted molar refractivity (Wildman–Crippen MR) is 105 cm³/mol. The summed E-state index contributed by atoms with van der Waals surface area (Å²) in [6.07, 6.45) is 0.771. The third-order valence-electron chi connectivity index (χ3n) is 4.35. The molecule has 0 saturated carbocycles. The van der Waals surface area contributed by atoms with Crippen molar-refractivity contribution < 1.29 is 4.79 Å². The number of hydrogen-bond donors (Lipinski definition) is 0. The lowest BCUT2D eigenvalue weighted by atomic mass is 10.1. The Balaban J connectivity index is 2.12. The minimum absolute atomic E-state index is 0.00334. The predicted octanol–water partition coefficient (Wildman–Crippen LogP) is 1.58. The minimum atomic E-state index is 0.00334. The van der Waals surface area contributed by atoms with E-state index in [0.29, 0.717) is 18.8 Å². The second-order valence-corrected chi connectivity index (χ2v) is 7.21. The van der Waals surface area contributed by atoms with Gasteiger partial charge in [-0.1, -0.05) is 30.3 Å². The van der Waals surface area contributed by atoms with Gasteiger partial charge in [0.05, 0.1) is 0 Å². The third kappa shape index (κ3) is 5.97. The van der Waals surface area contributed by atoms with E-state index in [-0.39, 0.29) is 5.91 Å². The summed E-state index contributed by atoms with van der Waals surface area (Å²) in [5.74, 6) is 0.00334. The van der Waals surface area contributed by atoms with E-state index in [0.717, 1.165) is 25.2 Å². The molecule has 0 unspecified atom stereocenters. The van der Waals surface area contributed by atoms with Gasteiger partial charge in [0.25, 0.3) is 5.91 Å². The first kappa shape index (κ1) is 20.1. The van der Waals surface area contributed by atoms with Gasteiger partial charge in [-0.2, -0.15) is 5.10 Å². The Bertz CT molecular complexity index is 681. The molecule has 6 heteroatoms. The topological polar surface area (TPSA) is 44.6 Å². The first-order valence-electron chi connectivity index (χ1n) is 9.02. The largest absolute Gasteiger partial charge is 0.335 e.